The lowest BCUT2D eigenvalue weighted by molar-refractivity contribution is -0.118. The molecule has 8 heteroatoms. The lowest BCUT2D eigenvalue weighted by atomic mass is 10.1. The second-order valence-corrected chi connectivity index (χ2v) is 5.96. The molecular weight excluding hydrogens is 300 g/mol. The van der Waals surface area contributed by atoms with Gasteiger partial charge in [0, 0.05) is 6.54 Å². The third kappa shape index (κ3) is 3.62. The molecule has 1 aliphatic carbocycles. The number of hydrogen-bond acceptors (Lipinski definition) is 6. The fourth-order valence-corrected chi connectivity index (χ4v) is 2.74. The quantitative estimate of drug-likeness (QED) is 0.807. The SMILES string of the molecule is N#Cc1cccc(CNC(=O)CSc2nnnn2C2CC2)c1. The van der Waals surface area contributed by atoms with Crippen molar-refractivity contribution in [1.82, 2.24) is 25.5 Å². The van der Waals surface area contributed by atoms with Crippen LogP contribution >= 0.6 is 11.8 Å². The number of nitrogens with one attached hydrogen (secondary N) is 1. The Morgan fingerprint density at radius 2 is 2.36 bits per heavy atom. The van der Waals surface area contributed by atoms with E-state index in [2.05, 4.69) is 26.9 Å². The van der Waals surface area contributed by atoms with Gasteiger partial charge in [-0.2, -0.15) is 5.26 Å². The van der Waals surface area contributed by atoms with Crippen LogP contribution in [0.5, 0.6) is 0 Å². The first-order chi connectivity index (χ1) is 10.8. The van der Waals surface area contributed by atoms with Gasteiger partial charge in [0.2, 0.25) is 11.1 Å². The van der Waals surface area contributed by atoms with E-state index in [1.54, 1.807) is 22.9 Å². The summed E-state index contributed by atoms with van der Waals surface area (Å²) in [6.07, 6.45) is 2.19. The summed E-state index contributed by atoms with van der Waals surface area (Å²) in [5.74, 6) is 0.183. The number of carbonyl (C=O) groups is 1. The van der Waals surface area contributed by atoms with E-state index in [1.165, 1.54) is 11.8 Å². The van der Waals surface area contributed by atoms with Gasteiger partial charge in [0.25, 0.3) is 0 Å². The van der Waals surface area contributed by atoms with Crippen LogP contribution in [0.2, 0.25) is 0 Å². The summed E-state index contributed by atoms with van der Waals surface area (Å²) in [4.78, 5) is 11.9. The van der Waals surface area contributed by atoms with Gasteiger partial charge < -0.3 is 5.32 Å². The summed E-state index contributed by atoms with van der Waals surface area (Å²) in [5, 5.41) is 23.9. The van der Waals surface area contributed by atoms with Gasteiger partial charge in [-0.1, -0.05) is 23.9 Å². The highest BCUT2D eigenvalue weighted by molar-refractivity contribution is 7.99. The molecule has 0 spiro atoms. The molecule has 0 aliphatic heterocycles. The maximum Gasteiger partial charge on any atom is 0.230 e. The van der Waals surface area contributed by atoms with Gasteiger partial charge in [-0.3, -0.25) is 4.79 Å². The van der Waals surface area contributed by atoms with Crippen molar-refractivity contribution >= 4 is 17.7 Å². The Balaban J connectivity index is 1.48. The van der Waals surface area contributed by atoms with Crippen molar-refractivity contribution in [3.63, 3.8) is 0 Å². The van der Waals surface area contributed by atoms with Crippen LogP contribution in [-0.2, 0) is 11.3 Å². The van der Waals surface area contributed by atoms with Crippen molar-refractivity contribution < 1.29 is 4.79 Å². The van der Waals surface area contributed by atoms with Gasteiger partial charge in [0.15, 0.2) is 0 Å². The first-order valence-corrected chi connectivity index (χ1v) is 7.91. The van der Waals surface area contributed by atoms with Crippen molar-refractivity contribution in [2.75, 3.05) is 5.75 Å². The van der Waals surface area contributed by atoms with Gasteiger partial charge in [-0.15, -0.1) is 5.10 Å². The molecule has 3 rings (SSSR count). The first kappa shape index (κ1) is 14.5. The zero-order chi connectivity index (χ0) is 15.4. The summed E-state index contributed by atoms with van der Waals surface area (Å²) in [6, 6.07) is 9.66. The fourth-order valence-electron chi connectivity index (χ4n) is 1.96. The maximum absolute atomic E-state index is 11.9. The number of nitrogens with zero attached hydrogens (tertiary/aromatic N) is 5. The van der Waals surface area contributed by atoms with Crippen molar-refractivity contribution in [2.24, 2.45) is 0 Å². The summed E-state index contributed by atoms with van der Waals surface area (Å²) in [5.41, 5.74) is 1.49. The van der Waals surface area contributed by atoms with Crippen LogP contribution in [0.4, 0.5) is 0 Å². The molecule has 112 valence electrons. The number of thioether (sulfide) groups is 1. The molecule has 1 aromatic heterocycles. The smallest absolute Gasteiger partial charge is 0.230 e. The van der Waals surface area contributed by atoms with Crippen LogP contribution < -0.4 is 5.32 Å². The molecule has 1 aromatic carbocycles. The second-order valence-electron chi connectivity index (χ2n) is 5.01. The highest BCUT2D eigenvalue weighted by Gasteiger charge is 2.28. The minimum Gasteiger partial charge on any atom is -0.351 e. The monoisotopic (exact) mass is 314 g/mol. The Morgan fingerprint density at radius 1 is 1.50 bits per heavy atom. The molecular formula is C14H14N6OS. The number of amides is 1. The molecule has 1 aliphatic rings. The van der Waals surface area contributed by atoms with Crippen LogP contribution in [0.3, 0.4) is 0 Å². The number of carbonyl (C=O) groups excluding carboxylic acids is 1. The van der Waals surface area contributed by atoms with E-state index < -0.39 is 0 Å². The second kappa shape index (κ2) is 6.58. The molecule has 0 unspecified atom stereocenters. The molecule has 0 saturated heterocycles. The van der Waals surface area contributed by atoms with Crippen LogP contribution in [0.25, 0.3) is 0 Å². The lowest BCUT2D eigenvalue weighted by Gasteiger charge is -2.05. The number of tetrazole rings is 1. The summed E-state index contributed by atoms with van der Waals surface area (Å²) in [6.45, 7) is 0.405. The topological polar surface area (TPSA) is 96.5 Å². The van der Waals surface area contributed by atoms with Gasteiger partial charge in [0.1, 0.15) is 0 Å². The summed E-state index contributed by atoms with van der Waals surface area (Å²) >= 11 is 1.34. The van der Waals surface area contributed by atoms with Crippen molar-refractivity contribution in [3.8, 4) is 6.07 Å². The lowest BCUT2D eigenvalue weighted by Crippen LogP contribution is -2.24. The number of hydrogen-bond donors (Lipinski definition) is 1. The predicted octanol–water partition coefficient (Wildman–Crippen LogP) is 1.29. The van der Waals surface area contributed by atoms with Gasteiger partial charge >= 0.3 is 0 Å². The molecule has 1 heterocycles. The summed E-state index contributed by atoms with van der Waals surface area (Å²) < 4.78 is 1.79. The van der Waals surface area contributed by atoms with E-state index in [4.69, 9.17) is 5.26 Å². The minimum absolute atomic E-state index is 0.0855. The molecule has 22 heavy (non-hydrogen) atoms. The Bertz CT molecular complexity index is 718. The molecule has 2 aromatic rings. The first-order valence-electron chi connectivity index (χ1n) is 6.92. The van der Waals surface area contributed by atoms with Crippen molar-refractivity contribution in [3.05, 3.63) is 35.4 Å². The van der Waals surface area contributed by atoms with E-state index in [1.807, 2.05) is 6.07 Å². The Hall–Kier alpha value is -2.40. The molecule has 0 bridgehead atoms. The molecule has 1 N–H and O–H groups in total. The van der Waals surface area contributed by atoms with Gasteiger partial charge in [-0.25, -0.2) is 4.68 Å². The van der Waals surface area contributed by atoms with Crippen LogP contribution in [0.1, 0.15) is 30.0 Å². The Labute approximate surface area is 131 Å². The Morgan fingerprint density at radius 3 is 3.14 bits per heavy atom. The van der Waals surface area contributed by atoms with E-state index in [9.17, 15) is 4.79 Å². The standard InChI is InChI=1S/C14H14N6OS/c15-7-10-2-1-3-11(6-10)8-16-13(21)9-22-14-17-18-19-20(14)12-4-5-12/h1-3,6,12H,4-5,8-9H2,(H,16,21). The van der Waals surface area contributed by atoms with Crippen LogP contribution in [-0.4, -0.2) is 31.9 Å². The van der Waals surface area contributed by atoms with Crippen LogP contribution in [0, 0.1) is 11.3 Å². The van der Waals surface area contributed by atoms with Gasteiger partial charge in [0.05, 0.1) is 23.4 Å². The molecule has 0 radical (unpaired) electrons. The van der Waals surface area contributed by atoms with Gasteiger partial charge in [-0.05, 0) is 41.0 Å². The average Bonchev–Trinajstić information content (AvgIpc) is 3.29. The van der Waals surface area contributed by atoms with E-state index in [0.29, 0.717) is 23.3 Å². The predicted molar refractivity (Wildman–Crippen MR) is 79.8 cm³/mol. The number of nitriles is 1. The largest absolute Gasteiger partial charge is 0.351 e. The number of benzene rings is 1. The third-order valence-corrected chi connectivity index (χ3v) is 4.17. The van der Waals surface area contributed by atoms with Crippen molar-refractivity contribution in [2.45, 2.75) is 30.6 Å². The fraction of sp³-hybridized carbons (Fsp3) is 0.357. The zero-order valence-corrected chi connectivity index (χ0v) is 12.6. The Kier molecular flexibility index (Phi) is 4.34. The van der Waals surface area contributed by atoms with E-state index in [0.717, 1.165) is 18.4 Å². The van der Waals surface area contributed by atoms with E-state index >= 15 is 0 Å². The molecule has 0 atom stereocenters. The van der Waals surface area contributed by atoms with Crippen LogP contribution in [0.15, 0.2) is 29.4 Å². The molecule has 1 saturated carbocycles. The molecule has 1 amide bonds. The highest BCUT2D eigenvalue weighted by Crippen LogP contribution is 2.36. The molecule has 1 fully saturated rings. The maximum atomic E-state index is 11.9. The molecule has 7 nitrogen and oxygen atoms in total. The zero-order valence-electron chi connectivity index (χ0n) is 11.8. The number of rotatable bonds is 6. The minimum atomic E-state index is -0.0855. The number of aromatic nitrogens is 4. The highest BCUT2D eigenvalue weighted by atomic mass is 32.2. The summed E-state index contributed by atoms with van der Waals surface area (Å²) in [7, 11) is 0. The third-order valence-electron chi connectivity index (χ3n) is 3.23. The normalized spacial score (nSPS) is 13.6. The van der Waals surface area contributed by atoms with E-state index in [-0.39, 0.29) is 11.7 Å². The van der Waals surface area contributed by atoms with Crippen molar-refractivity contribution in [1.29, 1.82) is 5.26 Å². The average molecular weight is 314 g/mol.